The average Bonchev–Trinajstić information content (AvgIpc) is 2.56. The Labute approximate surface area is 130 Å². The van der Waals surface area contributed by atoms with E-state index >= 15 is 0 Å². The highest BCUT2D eigenvalue weighted by Gasteiger charge is 2.08. The van der Waals surface area contributed by atoms with Crippen molar-refractivity contribution in [3.05, 3.63) is 78.1 Å². The largest absolute Gasteiger partial charge is 0.489 e. The van der Waals surface area contributed by atoms with Gasteiger partial charge in [-0.25, -0.2) is 0 Å². The lowest BCUT2D eigenvalue weighted by atomic mass is 10.0. The summed E-state index contributed by atoms with van der Waals surface area (Å²) in [7, 11) is 0. The molecule has 0 unspecified atom stereocenters. The summed E-state index contributed by atoms with van der Waals surface area (Å²) < 4.78 is 5.87. The average molecular weight is 290 g/mol. The summed E-state index contributed by atoms with van der Waals surface area (Å²) in [5.41, 5.74) is 10.9. The Balaban J connectivity index is 1.86. The number of aryl methyl sites for hydroxylation is 1. The van der Waals surface area contributed by atoms with Crippen LogP contribution in [0.15, 0.2) is 66.9 Å². The lowest BCUT2D eigenvalue weighted by Gasteiger charge is -2.12. The molecule has 0 radical (unpaired) electrons. The van der Waals surface area contributed by atoms with E-state index < -0.39 is 0 Å². The van der Waals surface area contributed by atoms with Crippen molar-refractivity contribution in [2.24, 2.45) is 0 Å². The standard InChI is InChI=1S/C19H18N2O/c1-14-17(8-5-11-21-14)18-12-16(9-10-19(18)20)22-13-15-6-3-2-4-7-15/h2-12H,13,20H2,1H3. The Morgan fingerprint density at radius 3 is 2.55 bits per heavy atom. The second-order valence-corrected chi connectivity index (χ2v) is 5.16. The summed E-state index contributed by atoms with van der Waals surface area (Å²) in [6, 6.07) is 19.8. The second kappa shape index (κ2) is 6.31. The SMILES string of the molecule is Cc1ncccc1-c1cc(OCc2ccccc2)ccc1N. The number of ether oxygens (including phenoxy) is 1. The van der Waals surface area contributed by atoms with Gasteiger partial charge in [0.05, 0.1) is 0 Å². The van der Waals surface area contributed by atoms with Gasteiger partial charge in [0, 0.05) is 28.7 Å². The minimum atomic E-state index is 0.538. The Bertz CT molecular complexity index is 769. The molecule has 1 aromatic heterocycles. The number of hydrogen-bond acceptors (Lipinski definition) is 3. The number of hydrogen-bond donors (Lipinski definition) is 1. The maximum Gasteiger partial charge on any atom is 0.120 e. The number of rotatable bonds is 4. The lowest BCUT2D eigenvalue weighted by Crippen LogP contribution is -1.98. The van der Waals surface area contributed by atoms with Gasteiger partial charge >= 0.3 is 0 Å². The van der Waals surface area contributed by atoms with Crippen LogP contribution in [0.25, 0.3) is 11.1 Å². The van der Waals surface area contributed by atoms with E-state index in [1.54, 1.807) is 6.20 Å². The molecule has 3 rings (SSSR count). The molecule has 0 aliphatic carbocycles. The van der Waals surface area contributed by atoms with E-state index in [9.17, 15) is 0 Å². The van der Waals surface area contributed by atoms with Gasteiger partial charge in [0.2, 0.25) is 0 Å². The van der Waals surface area contributed by atoms with Gasteiger partial charge in [0.15, 0.2) is 0 Å². The highest BCUT2D eigenvalue weighted by molar-refractivity contribution is 5.78. The molecule has 0 aliphatic heterocycles. The smallest absolute Gasteiger partial charge is 0.120 e. The van der Waals surface area contributed by atoms with E-state index in [1.807, 2.05) is 67.6 Å². The maximum atomic E-state index is 6.11. The molecule has 0 aliphatic rings. The maximum absolute atomic E-state index is 6.11. The van der Waals surface area contributed by atoms with Crippen molar-refractivity contribution in [3.8, 4) is 16.9 Å². The van der Waals surface area contributed by atoms with Crippen molar-refractivity contribution in [2.75, 3.05) is 5.73 Å². The third-order valence-corrected chi connectivity index (χ3v) is 3.57. The Kier molecular flexibility index (Phi) is 4.05. The van der Waals surface area contributed by atoms with Gasteiger partial charge in [-0.1, -0.05) is 36.4 Å². The van der Waals surface area contributed by atoms with Gasteiger partial charge in [-0.05, 0) is 36.8 Å². The molecular weight excluding hydrogens is 272 g/mol. The number of anilines is 1. The van der Waals surface area contributed by atoms with E-state index in [4.69, 9.17) is 10.5 Å². The minimum absolute atomic E-state index is 0.538. The van der Waals surface area contributed by atoms with Crippen molar-refractivity contribution in [1.82, 2.24) is 4.98 Å². The molecule has 3 nitrogen and oxygen atoms in total. The summed E-state index contributed by atoms with van der Waals surface area (Å²) in [5, 5.41) is 0. The molecule has 0 fully saturated rings. The van der Waals surface area contributed by atoms with Crippen LogP contribution in [0.2, 0.25) is 0 Å². The van der Waals surface area contributed by atoms with Crippen LogP contribution in [-0.4, -0.2) is 4.98 Å². The Hall–Kier alpha value is -2.81. The molecule has 0 spiro atoms. The first-order valence-corrected chi connectivity index (χ1v) is 7.22. The van der Waals surface area contributed by atoms with Gasteiger partial charge in [-0.2, -0.15) is 0 Å². The van der Waals surface area contributed by atoms with Crippen LogP contribution in [0.1, 0.15) is 11.3 Å². The number of nitrogen functional groups attached to an aromatic ring is 1. The van der Waals surface area contributed by atoms with E-state index in [0.717, 1.165) is 33.8 Å². The molecule has 0 atom stereocenters. The van der Waals surface area contributed by atoms with Crippen molar-refractivity contribution in [3.63, 3.8) is 0 Å². The van der Waals surface area contributed by atoms with Crippen LogP contribution in [-0.2, 0) is 6.61 Å². The lowest BCUT2D eigenvalue weighted by molar-refractivity contribution is 0.306. The molecule has 0 amide bonds. The molecule has 1 heterocycles. The third-order valence-electron chi connectivity index (χ3n) is 3.57. The Morgan fingerprint density at radius 1 is 0.955 bits per heavy atom. The fourth-order valence-corrected chi connectivity index (χ4v) is 2.37. The van der Waals surface area contributed by atoms with Crippen LogP contribution in [0, 0.1) is 6.92 Å². The van der Waals surface area contributed by atoms with Gasteiger partial charge < -0.3 is 10.5 Å². The van der Waals surface area contributed by atoms with Crippen LogP contribution >= 0.6 is 0 Å². The first-order chi connectivity index (χ1) is 10.7. The molecule has 3 aromatic rings. The summed E-state index contributed by atoms with van der Waals surface area (Å²) in [6.45, 7) is 2.52. The zero-order valence-electron chi connectivity index (χ0n) is 12.5. The normalized spacial score (nSPS) is 10.4. The second-order valence-electron chi connectivity index (χ2n) is 5.16. The van der Waals surface area contributed by atoms with Gasteiger partial charge in [0.1, 0.15) is 12.4 Å². The van der Waals surface area contributed by atoms with Crippen molar-refractivity contribution in [1.29, 1.82) is 0 Å². The molecule has 110 valence electrons. The van der Waals surface area contributed by atoms with Crippen LogP contribution in [0.4, 0.5) is 5.69 Å². The van der Waals surface area contributed by atoms with E-state index in [2.05, 4.69) is 4.98 Å². The number of nitrogens with zero attached hydrogens (tertiary/aromatic N) is 1. The summed E-state index contributed by atoms with van der Waals surface area (Å²) in [4.78, 5) is 4.32. The Morgan fingerprint density at radius 2 is 1.77 bits per heavy atom. The fraction of sp³-hybridized carbons (Fsp3) is 0.105. The van der Waals surface area contributed by atoms with Gasteiger partial charge in [0.25, 0.3) is 0 Å². The van der Waals surface area contributed by atoms with E-state index in [-0.39, 0.29) is 0 Å². The fourth-order valence-electron chi connectivity index (χ4n) is 2.37. The minimum Gasteiger partial charge on any atom is -0.489 e. The molecule has 0 saturated heterocycles. The molecular formula is C19H18N2O. The highest BCUT2D eigenvalue weighted by atomic mass is 16.5. The zero-order valence-corrected chi connectivity index (χ0v) is 12.5. The van der Waals surface area contributed by atoms with Crippen LogP contribution < -0.4 is 10.5 Å². The molecule has 2 N–H and O–H groups in total. The highest BCUT2D eigenvalue weighted by Crippen LogP contribution is 2.31. The molecule has 0 bridgehead atoms. The number of aromatic nitrogens is 1. The first-order valence-electron chi connectivity index (χ1n) is 7.22. The van der Waals surface area contributed by atoms with Gasteiger partial charge in [-0.15, -0.1) is 0 Å². The quantitative estimate of drug-likeness (QED) is 0.732. The monoisotopic (exact) mass is 290 g/mol. The molecule has 2 aromatic carbocycles. The van der Waals surface area contributed by atoms with Crippen LogP contribution in [0.3, 0.4) is 0 Å². The first kappa shape index (κ1) is 14.1. The van der Waals surface area contributed by atoms with Gasteiger partial charge in [-0.3, -0.25) is 4.98 Å². The summed E-state index contributed by atoms with van der Waals surface area (Å²) >= 11 is 0. The summed E-state index contributed by atoms with van der Waals surface area (Å²) in [6.07, 6.45) is 1.78. The summed E-state index contributed by atoms with van der Waals surface area (Å²) in [5.74, 6) is 0.802. The van der Waals surface area contributed by atoms with Crippen molar-refractivity contribution < 1.29 is 4.74 Å². The third kappa shape index (κ3) is 3.09. The van der Waals surface area contributed by atoms with Crippen LogP contribution in [0.5, 0.6) is 5.75 Å². The molecule has 0 saturated carbocycles. The van der Waals surface area contributed by atoms with E-state index in [1.165, 1.54) is 0 Å². The van der Waals surface area contributed by atoms with Crippen molar-refractivity contribution >= 4 is 5.69 Å². The topological polar surface area (TPSA) is 48.1 Å². The zero-order chi connectivity index (χ0) is 15.4. The number of pyridine rings is 1. The number of benzene rings is 2. The predicted octanol–water partition coefficient (Wildman–Crippen LogP) is 4.22. The molecule has 22 heavy (non-hydrogen) atoms. The van der Waals surface area contributed by atoms with Crippen molar-refractivity contribution in [2.45, 2.75) is 13.5 Å². The predicted molar refractivity (Wildman–Crippen MR) is 89.6 cm³/mol. The van der Waals surface area contributed by atoms with E-state index in [0.29, 0.717) is 6.61 Å². The number of nitrogens with two attached hydrogens (primary N) is 1. The molecule has 3 heteroatoms.